The molecule has 20 heavy (non-hydrogen) atoms. The van der Waals surface area contributed by atoms with Crippen LogP contribution in [0.3, 0.4) is 0 Å². The minimum absolute atomic E-state index is 0.255. The Hall–Kier alpha value is -1.81. The van der Waals surface area contributed by atoms with Gasteiger partial charge in [-0.25, -0.2) is 4.98 Å². The van der Waals surface area contributed by atoms with Crippen molar-refractivity contribution in [2.75, 3.05) is 13.7 Å². The number of imidazole rings is 1. The standard InChI is InChI=1S/C16H23N3O/c1-12-5-6-15(20-4)14(11-12)13(2)17-8-7-16-18-9-10-19(16)3/h5-6,9-11,13,17H,7-8H2,1-4H3. The first kappa shape index (κ1) is 14.6. The molecule has 0 aliphatic carbocycles. The highest BCUT2D eigenvalue weighted by Gasteiger charge is 2.11. The number of hydrogen-bond donors (Lipinski definition) is 1. The highest BCUT2D eigenvalue weighted by Crippen LogP contribution is 2.25. The van der Waals surface area contributed by atoms with E-state index in [0.717, 1.165) is 24.5 Å². The molecule has 1 heterocycles. The van der Waals surface area contributed by atoms with Crippen LogP contribution in [0, 0.1) is 6.92 Å². The van der Waals surface area contributed by atoms with E-state index in [9.17, 15) is 0 Å². The van der Waals surface area contributed by atoms with Crippen LogP contribution in [0.15, 0.2) is 30.6 Å². The molecule has 0 amide bonds. The third-order valence-electron chi connectivity index (χ3n) is 3.57. The molecule has 1 unspecified atom stereocenters. The molecule has 0 spiro atoms. The maximum atomic E-state index is 5.44. The minimum Gasteiger partial charge on any atom is -0.496 e. The summed E-state index contributed by atoms with van der Waals surface area (Å²) in [4.78, 5) is 4.33. The molecule has 1 aromatic carbocycles. The predicted octanol–water partition coefficient (Wildman–Crippen LogP) is 2.63. The van der Waals surface area contributed by atoms with Gasteiger partial charge in [0.05, 0.1) is 7.11 Å². The Morgan fingerprint density at radius 1 is 1.40 bits per heavy atom. The largest absolute Gasteiger partial charge is 0.496 e. The summed E-state index contributed by atoms with van der Waals surface area (Å²) in [5.41, 5.74) is 2.45. The quantitative estimate of drug-likeness (QED) is 0.879. The van der Waals surface area contributed by atoms with Crippen LogP contribution in [-0.4, -0.2) is 23.2 Å². The molecule has 1 N–H and O–H groups in total. The molecule has 1 atom stereocenters. The third-order valence-corrected chi connectivity index (χ3v) is 3.57. The van der Waals surface area contributed by atoms with Gasteiger partial charge < -0.3 is 14.6 Å². The third kappa shape index (κ3) is 3.39. The van der Waals surface area contributed by atoms with Gasteiger partial charge in [-0.15, -0.1) is 0 Å². The van der Waals surface area contributed by atoms with Crippen molar-refractivity contribution in [2.24, 2.45) is 7.05 Å². The Kier molecular flexibility index (Phi) is 4.79. The van der Waals surface area contributed by atoms with Crippen molar-refractivity contribution in [1.29, 1.82) is 0 Å². The zero-order valence-corrected chi connectivity index (χ0v) is 12.7. The number of aryl methyl sites for hydroxylation is 2. The summed E-state index contributed by atoms with van der Waals surface area (Å²) >= 11 is 0. The van der Waals surface area contributed by atoms with Gasteiger partial charge in [-0.2, -0.15) is 0 Å². The highest BCUT2D eigenvalue weighted by atomic mass is 16.5. The molecule has 1 aromatic heterocycles. The van der Waals surface area contributed by atoms with E-state index in [0.29, 0.717) is 0 Å². The van der Waals surface area contributed by atoms with Crippen molar-refractivity contribution in [2.45, 2.75) is 26.3 Å². The van der Waals surface area contributed by atoms with E-state index >= 15 is 0 Å². The molecular weight excluding hydrogens is 250 g/mol. The Balaban J connectivity index is 1.96. The van der Waals surface area contributed by atoms with E-state index in [2.05, 4.69) is 40.8 Å². The summed E-state index contributed by atoms with van der Waals surface area (Å²) < 4.78 is 7.49. The number of methoxy groups -OCH3 is 1. The number of nitrogens with one attached hydrogen (secondary N) is 1. The Morgan fingerprint density at radius 3 is 2.85 bits per heavy atom. The normalized spacial score (nSPS) is 12.4. The second kappa shape index (κ2) is 6.57. The lowest BCUT2D eigenvalue weighted by Crippen LogP contribution is -2.22. The fraction of sp³-hybridized carbons (Fsp3) is 0.438. The highest BCUT2D eigenvalue weighted by molar-refractivity contribution is 5.38. The average Bonchev–Trinajstić information content (AvgIpc) is 2.84. The van der Waals surface area contributed by atoms with Gasteiger partial charge in [0.1, 0.15) is 11.6 Å². The van der Waals surface area contributed by atoms with Gasteiger partial charge in [0, 0.05) is 44.0 Å². The van der Waals surface area contributed by atoms with Gasteiger partial charge in [-0.3, -0.25) is 0 Å². The fourth-order valence-electron chi connectivity index (χ4n) is 2.34. The molecule has 0 aliphatic heterocycles. The van der Waals surface area contributed by atoms with Crippen LogP contribution in [-0.2, 0) is 13.5 Å². The van der Waals surface area contributed by atoms with Crippen LogP contribution in [0.1, 0.15) is 29.9 Å². The van der Waals surface area contributed by atoms with Crippen LogP contribution < -0.4 is 10.1 Å². The summed E-state index contributed by atoms with van der Waals surface area (Å²) in [5, 5.41) is 3.53. The topological polar surface area (TPSA) is 39.1 Å². The maximum Gasteiger partial charge on any atom is 0.123 e. The van der Waals surface area contributed by atoms with E-state index in [-0.39, 0.29) is 6.04 Å². The van der Waals surface area contributed by atoms with E-state index in [1.165, 1.54) is 11.1 Å². The van der Waals surface area contributed by atoms with Gasteiger partial charge in [0.2, 0.25) is 0 Å². The van der Waals surface area contributed by atoms with E-state index < -0.39 is 0 Å². The van der Waals surface area contributed by atoms with Gasteiger partial charge in [-0.05, 0) is 19.9 Å². The van der Waals surface area contributed by atoms with Crippen molar-refractivity contribution >= 4 is 0 Å². The SMILES string of the molecule is COc1ccc(C)cc1C(C)NCCc1nccn1C. The van der Waals surface area contributed by atoms with Crippen LogP contribution in [0.2, 0.25) is 0 Å². The number of nitrogens with zero attached hydrogens (tertiary/aromatic N) is 2. The molecule has 2 aromatic rings. The molecule has 0 bridgehead atoms. The molecule has 0 aliphatic rings. The van der Waals surface area contributed by atoms with Crippen LogP contribution in [0.5, 0.6) is 5.75 Å². The van der Waals surface area contributed by atoms with Crippen molar-refractivity contribution in [3.8, 4) is 5.75 Å². The smallest absolute Gasteiger partial charge is 0.123 e. The lowest BCUT2D eigenvalue weighted by Gasteiger charge is -2.18. The van der Waals surface area contributed by atoms with Crippen molar-refractivity contribution in [3.05, 3.63) is 47.5 Å². The Morgan fingerprint density at radius 2 is 2.20 bits per heavy atom. The minimum atomic E-state index is 0.255. The van der Waals surface area contributed by atoms with Crippen LogP contribution in [0.4, 0.5) is 0 Å². The predicted molar refractivity (Wildman–Crippen MR) is 81.1 cm³/mol. The molecule has 4 nitrogen and oxygen atoms in total. The number of ether oxygens (including phenoxy) is 1. The molecule has 108 valence electrons. The van der Waals surface area contributed by atoms with Gasteiger partial charge in [0.15, 0.2) is 0 Å². The van der Waals surface area contributed by atoms with Crippen LogP contribution in [0.25, 0.3) is 0 Å². The molecule has 0 saturated carbocycles. The first-order chi connectivity index (χ1) is 9.61. The van der Waals surface area contributed by atoms with Gasteiger partial charge in [0.25, 0.3) is 0 Å². The summed E-state index contributed by atoms with van der Waals surface area (Å²) in [6, 6.07) is 6.53. The van der Waals surface area contributed by atoms with E-state index in [1.54, 1.807) is 7.11 Å². The number of rotatable bonds is 6. The van der Waals surface area contributed by atoms with Gasteiger partial charge in [-0.1, -0.05) is 17.7 Å². The molecular formula is C16H23N3O. The maximum absolute atomic E-state index is 5.44. The second-order valence-corrected chi connectivity index (χ2v) is 5.13. The molecule has 0 saturated heterocycles. The summed E-state index contributed by atoms with van der Waals surface area (Å²) in [6.45, 7) is 5.16. The molecule has 0 fully saturated rings. The monoisotopic (exact) mass is 273 g/mol. The van der Waals surface area contributed by atoms with Crippen molar-refractivity contribution in [3.63, 3.8) is 0 Å². The number of benzene rings is 1. The number of aromatic nitrogens is 2. The summed E-state index contributed by atoms with van der Waals surface area (Å²) in [7, 11) is 3.74. The first-order valence-corrected chi connectivity index (χ1v) is 6.96. The number of hydrogen-bond acceptors (Lipinski definition) is 3. The fourth-order valence-corrected chi connectivity index (χ4v) is 2.34. The van der Waals surface area contributed by atoms with E-state index in [4.69, 9.17) is 4.74 Å². The summed E-state index contributed by atoms with van der Waals surface area (Å²) in [5.74, 6) is 2.04. The summed E-state index contributed by atoms with van der Waals surface area (Å²) in [6.07, 6.45) is 4.73. The Labute approximate surface area is 120 Å². The zero-order valence-electron chi connectivity index (χ0n) is 12.7. The van der Waals surface area contributed by atoms with Crippen molar-refractivity contribution < 1.29 is 4.74 Å². The second-order valence-electron chi connectivity index (χ2n) is 5.13. The lowest BCUT2D eigenvalue weighted by molar-refractivity contribution is 0.401. The molecule has 4 heteroatoms. The van der Waals surface area contributed by atoms with E-state index in [1.807, 2.05) is 25.5 Å². The average molecular weight is 273 g/mol. The van der Waals surface area contributed by atoms with Crippen molar-refractivity contribution in [1.82, 2.24) is 14.9 Å². The molecule has 0 radical (unpaired) electrons. The van der Waals surface area contributed by atoms with Crippen LogP contribution >= 0.6 is 0 Å². The molecule has 2 rings (SSSR count). The Bertz CT molecular complexity index is 563. The lowest BCUT2D eigenvalue weighted by atomic mass is 10.0. The van der Waals surface area contributed by atoms with Gasteiger partial charge >= 0.3 is 0 Å². The first-order valence-electron chi connectivity index (χ1n) is 6.96. The zero-order chi connectivity index (χ0) is 14.5.